The molecule has 7 aromatic carbocycles. The highest BCUT2D eigenvalue weighted by atomic mass is 32.1. The molecule has 0 amide bonds. The second-order valence-electron chi connectivity index (χ2n) is 13.7. The zero-order valence-electron chi connectivity index (χ0n) is 31.7. The minimum absolute atomic E-state index is 0.251. The predicted molar refractivity (Wildman–Crippen MR) is 224 cm³/mol. The number of rotatable bonds is 5. The topological polar surface area (TPSA) is 39.5 Å². The van der Waals surface area contributed by atoms with Crippen LogP contribution in [-0.4, -0.2) is 31.4 Å². The molecule has 0 radical (unpaired) electrons. The highest BCUT2D eigenvalue weighted by molar-refractivity contribution is 7.29. The van der Waals surface area contributed by atoms with Gasteiger partial charge in [-0.25, -0.2) is 9.97 Å². The standard InChI is InChI=1S/C46H33N5SSi/c1-30-15-11-25-38-42(30)47-45-49(36-23-9-10-24-37(36)50(38)45)32-17-13-22-35(29-32)53(33-18-5-3-6-19-33,34-20-7-4-8-21-34)41-28-14-27-40-44(41)52-46-48-43-31(2)16-12-26-39(43)51(40)46/h3-29H,1-2H3/i1D3. The smallest absolute Gasteiger partial charge is 0.220 e. The normalized spacial score (nSPS) is 13.4. The SMILES string of the molecule is [2H]C([2H])([2H])c1cccc2c1nc1n(-c3cccc([Si](c4ccccc4)(c4ccccc4)c4cccc5c4sc4nc6c(C)cccc6n45)c3)c3ccccc3n21. The summed E-state index contributed by atoms with van der Waals surface area (Å²) < 4.78 is 32.8. The summed E-state index contributed by atoms with van der Waals surface area (Å²) in [6.45, 7) is -0.172. The maximum atomic E-state index is 8.31. The second kappa shape index (κ2) is 11.4. The summed E-state index contributed by atoms with van der Waals surface area (Å²) >= 11 is 1.77. The van der Waals surface area contributed by atoms with Crippen LogP contribution in [-0.2, 0) is 0 Å². The molecule has 0 saturated heterocycles. The number of hydrogen-bond acceptors (Lipinski definition) is 3. The summed E-state index contributed by atoms with van der Waals surface area (Å²) in [5.74, 6) is 0.672. The van der Waals surface area contributed by atoms with Crippen molar-refractivity contribution in [2.75, 3.05) is 0 Å². The van der Waals surface area contributed by atoms with Crippen LogP contribution in [0.25, 0.3) is 59.7 Å². The van der Waals surface area contributed by atoms with Crippen molar-refractivity contribution in [3.8, 4) is 5.69 Å². The van der Waals surface area contributed by atoms with Crippen LogP contribution >= 0.6 is 11.3 Å². The zero-order valence-corrected chi connectivity index (χ0v) is 30.5. The Labute approximate surface area is 314 Å². The van der Waals surface area contributed by atoms with Crippen molar-refractivity contribution >= 4 is 94.2 Å². The van der Waals surface area contributed by atoms with Gasteiger partial charge in [-0.3, -0.25) is 13.4 Å². The van der Waals surface area contributed by atoms with Gasteiger partial charge in [-0.1, -0.05) is 133 Å². The summed E-state index contributed by atoms with van der Waals surface area (Å²) in [6.07, 6.45) is 0. The van der Waals surface area contributed by atoms with Crippen molar-refractivity contribution < 1.29 is 4.11 Å². The van der Waals surface area contributed by atoms with Gasteiger partial charge in [0.25, 0.3) is 0 Å². The molecule has 0 aliphatic heterocycles. The third kappa shape index (κ3) is 4.17. The lowest BCUT2D eigenvalue weighted by Crippen LogP contribution is -2.74. The molecule has 0 aliphatic carbocycles. The fraction of sp³-hybridized carbons (Fsp3) is 0.0435. The van der Waals surface area contributed by atoms with Gasteiger partial charge in [0.05, 0.1) is 43.3 Å². The molecule has 0 atom stereocenters. The van der Waals surface area contributed by atoms with Crippen LogP contribution in [0, 0.1) is 13.8 Å². The molecule has 0 N–H and O–H groups in total. The molecule has 7 heteroatoms. The number of thiazole rings is 1. The summed E-state index contributed by atoms with van der Waals surface area (Å²) in [7, 11) is -3.07. The first-order valence-electron chi connectivity index (χ1n) is 19.3. The van der Waals surface area contributed by atoms with Gasteiger partial charge >= 0.3 is 0 Å². The van der Waals surface area contributed by atoms with Crippen molar-refractivity contribution in [2.45, 2.75) is 13.8 Å². The quantitative estimate of drug-likeness (QED) is 0.132. The van der Waals surface area contributed by atoms with Crippen LogP contribution in [0.15, 0.2) is 164 Å². The Morgan fingerprint density at radius 1 is 0.528 bits per heavy atom. The molecular weight excluding hydrogens is 683 g/mol. The number of hydrogen-bond donors (Lipinski definition) is 0. The minimum Gasteiger partial charge on any atom is -0.283 e. The lowest BCUT2D eigenvalue weighted by Gasteiger charge is -2.35. The van der Waals surface area contributed by atoms with Crippen molar-refractivity contribution in [1.29, 1.82) is 0 Å². The molecular formula is C46H33N5SSi. The Kier molecular flexibility index (Phi) is 5.87. The number of aryl methyl sites for hydroxylation is 2. The Balaban J connectivity index is 1.25. The predicted octanol–water partition coefficient (Wildman–Crippen LogP) is 8.44. The maximum absolute atomic E-state index is 8.31. The van der Waals surface area contributed by atoms with E-state index in [0.29, 0.717) is 11.3 Å². The van der Waals surface area contributed by atoms with Crippen LogP contribution in [0.1, 0.15) is 15.2 Å². The number of benzene rings is 7. The molecule has 4 aromatic heterocycles. The van der Waals surface area contributed by atoms with Gasteiger partial charge in [-0.15, -0.1) is 0 Å². The molecule has 4 heterocycles. The molecule has 0 saturated carbocycles. The molecule has 0 fully saturated rings. The minimum atomic E-state index is -3.07. The van der Waals surface area contributed by atoms with Crippen LogP contribution in [0.3, 0.4) is 0 Å². The van der Waals surface area contributed by atoms with Crippen molar-refractivity contribution in [1.82, 2.24) is 23.3 Å². The third-order valence-corrected chi connectivity index (χ3v) is 16.9. The van der Waals surface area contributed by atoms with E-state index in [9.17, 15) is 0 Å². The summed E-state index contributed by atoms with van der Waals surface area (Å²) in [4.78, 5) is 11.3. The fourth-order valence-corrected chi connectivity index (χ4v) is 15.1. The molecule has 0 unspecified atom stereocenters. The van der Waals surface area contributed by atoms with Gasteiger partial charge < -0.3 is 0 Å². The summed E-state index contributed by atoms with van der Waals surface area (Å²) in [5, 5.41) is 5.08. The average molecular weight is 719 g/mol. The van der Waals surface area contributed by atoms with E-state index < -0.39 is 14.9 Å². The van der Waals surface area contributed by atoms with Crippen molar-refractivity contribution in [3.63, 3.8) is 0 Å². The van der Waals surface area contributed by atoms with Gasteiger partial charge in [-0.2, -0.15) is 0 Å². The fourth-order valence-electron chi connectivity index (χ4n) is 8.61. The van der Waals surface area contributed by atoms with E-state index in [1.165, 1.54) is 31.0 Å². The van der Waals surface area contributed by atoms with Crippen molar-refractivity contribution in [2.24, 2.45) is 0 Å². The lowest BCUT2D eigenvalue weighted by atomic mass is 10.2. The summed E-state index contributed by atoms with van der Waals surface area (Å²) in [6, 6.07) is 57.9. The number of aromatic nitrogens is 5. The van der Waals surface area contributed by atoms with Crippen LogP contribution in [0.2, 0.25) is 0 Å². The monoisotopic (exact) mass is 718 g/mol. The number of nitrogens with zero attached hydrogens (tertiary/aromatic N) is 5. The number of imidazole rings is 3. The molecule has 5 nitrogen and oxygen atoms in total. The molecule has 252 valence electrons. The van der Waals surface area contributed by atoms with Gasteiger partial charge in [0.1, 0.15) is 0 Å². The van der Waals surface area contributed by atoms with E-state index >= 15 is 0 Å². The Bertz CT molecular complexity index is 3280. The first-order valence-corrected chi connectivity index (χ1v) is 20.6. The highest BCUT2D eigenvalue weighted by Crippen LogP contribution is 2.33. The Morgan fingerprint density at radius 2 is 1.11 bits per heavy atom. The average Bonchev–Trinajstić information content (AvgIpc) is 3.97. The molecule has 11 aromatic rings. The zero-order chi connectivity index (χ0) is 37.8. The Hall–Kier alpha value is -6.28. The van der Waals surface area contributed by atoms with E-state index in [-0.39, 0.29) is 5.56 Å². The first kappa shape index (κ1) is 27.4. The molecule has 0 bridgehead atoms. The lowest BCUT2D eigenvalue weighted by molar-refractivity contribution is 1.11. The van der Waals surface area contributed by atoms with Crippen LogP contribution in [0.4, 0.5) is 0 Å². The van der Waals surface area contributed by atoms with E-state index in [2.05, 4.69) is 154 Å². The maximum Gasteiger partial charge on any atom is 0.220 e. The van der Waals surface area contributed by atoms with E-state index in [1.54, 1.807) is 17.4 Å². The van der Waals surface area contributed by atoms with Gasteiger partial charge in [0, 0.05) is 9.80 Å². The van der Waals surface area contributed by atoms with E-state index in [1.807, 2.05) is 24.3 Å². The third-order valence-electron chi connectivity index (χ3n) is 10.9. The summed E-state index contributed by atoms with van der Waals surface area (Å²) in [5.41, 5.74) is 8.91. The largest absolute Gasteiger partial charge is 0.283 e. The molecule has 0 aliphatic rings. The van der Waals surface area contributed by atoms with E-state index in [0.717, 1.165) is 43.7 Å². The highest BCUT2D eigenvalue weighted by Gasteiger charge is 2.43. The molecule has 0 spiro atoms. The van der Waals surface area contributed by atoms with Crippen LogP contribution < -0.4 is 20.7 Å². The Morgan fingerprint density at radius 3 is 1.87 bits per heavy atom. The van der Waals surface area contributed by atoms with Gasteiger partial charge in [0.2, 0.25) is 5.78 Å². The van der Waals surface area contributed by atoms with Gasteiger partial charge in [0.15, 0.2) is 13.0 Å². The molecule has 53 heavy (non-hydrogen) atoms. The van der Waals surface area contributed by atoms with E-state index in [4.69, 9.17) is 14.1 Å². The molecule has 11 rings (SSSR count). The number of para-hydroxylation sites is 4. The van der Waals surface area contributed by atoms with Crippen molar-refractivity contribution in [3.05, 3.63) is 175 Å². The second-order valence-corrected chi connectivity index (χ2v) is 18.5. The van der Waals surface area contributed by atoms with Crippen LogP contribution in [0.5, 0.6) is 0 Å². The number of fused-ring (bicyclic) bond motifs is 10. The van der Waals surface area contributed by atoms with Gasteiger partial charge in [-0.05, 0) is 88.1 Å². The first-order chi connectivity index (χ1) is 27.3.